The smallest absolute Gasteiger partial charge is 0.381 e. The monoisotopic (exact) mass is 668 g/mol. The molecule has 0 amide bonds. The molecule has 6 aromatic carbocycles. The first-order chi connectivity index (χ1) is 21.6. The van der Waals surface area contributed by atoms with Crippen molar-refractivity contribution in [1.29, 1.82) is 0 Å². The van der Waals surface area contributed by atoms with Gasteiger partial charge in [-0.3, -0.25) is 0 Å². The molecule has 0 radical (unpaired) electrons. The summed E-state index contributed by atoms with van der Waals surface area (Å²) in [5.74, 6) is 0. The Morgan fingerprint density at radius 3 is 1.43 bits per heavy atom. The third kappa shape index (κ3) is 7.23. The van der Waals surface area contributed by atoms with Crippen molar-refractivity contribution in [2.75, 3.05) is 33.0 Å². The second kappa shape index (κ2) is 15.8. The van der Waals surface area contributed by atoms with Crippen LogP contribution in [-0.4, -0.2) is 41.8 Å². The minimum absolute atomic E-state index is 0.563. The number of hydrogen-bond acceptors (Lipinski definition) is 4. The summed E-state index contributed by atoms with van der Waals surface area (Å²) in [6.07, 6.45) is 2.56. The fraction of sp³-hybridized carbons (Fsp3) is 0.263. The Bertz CT molecular complexity index is 1790. The summed E-state index contributed by atoms with van der Waals surface area (Å²) in [7, 11) is -2.95. The van der Waals surface area contributed by atoms with Gasteiger partial charge >= 0.3 is 8.80 Å². The number of benzene rings is 6. The number of halogens is 1. The van der Waals surface area contributed by atoms with Crippen LogP contribution in [-0.2, 0) is 18.0 Å². The maximum Gasteiger partial charge on any atom is 0.537 e. The van der Waals surface area contributed by atoms with Gasteiger partial charge in [0, 0.05) is 42.7 Å². The van der Waals surface area contributed by atoms with Crippen molar-refractivity contribution in [1.82, 2.24) is 0 Å². The molecule has 0 unspecified atom stereocenters. The molecule has 0 N–H and O–H groups in total. The minimum atomic E-state index is -2.95. The average molecular weight is 670 g/mol. The molecule has 0 spiro atoms. The third-order valence-electron chi connectivity index (χ3n) is 7.65. The van der Waals surface area contributed by atoms with E-state index in [0.717, 1.165) is 28.3 Å². The Hall–Kier alpha value is -3.10. The lowest BCUT2D eigenvalue weighted by Gasteiger charge is -2.30. The van der Waals surface area contributed by atoms with E-state index in [1.165, 1.54) is 50.5 Å². The molecule has 6 heteroatoms. The largest absolute Gasteiger partial charge is 0.537 e. The molecule has 7 rings (SSSR count). The van der Waals surface area contributed by atoms with Crippen LogP contribution in [0.1, 0.15) is 33.6 Å². The molecule has 0 bridgehead atoms. The number of fused-ring (bicyclic) bond motifs is 6. The predicted molar refractivity (Wildman–Crippen MR) is 191 cm³/mol. The van der Waals surface area contributed by atoms with Gasteiger partial charge in [-0.2, -0.15) is 0 Å². The summed E-state index contributed by atoms with van der Waals surface area (Å²) < 4.78 is 24.6. The molecule has 0 atom stereocenters. The topological polar surface area (TPSA) is 36.9 Å². The molecule has 1 aliphatic heterocycles. The van der Waals surface area contributed by atoms with E-state index in [1.54, 1.807) is 0 Å². The van der Waals surface area contributed by atoms with Crippen molar-refractivity contribution in [3.63, 3.8) is 0 Å². The molecule has 44 heavy (non-hydrogen) atoms. The van der Waals surface area contributed by atoms with E-state index >= 15 is 0 Å². The zero-order valence-electron chi connectivity index (χ0n) is 25.9. The summed E-state index contributed by atoms with van der Waals surface area (Å²) in [5, 5.41) is 11.0. The highest BCUT2D eigenvalue weighted by Crippen LogP contribution is 2.31. The van der Waals surface area contributed by atoms with Crippen molar-refractivity contribution in [3.8, 4) is 0 Å². The Morgan fingerprint density at radius 1 is 0.545 bits per heavy atom. The molecule has 1 fully saturated rings. The predicted octanol–water partition coefficient (Wildman–Crippen LogP) is 9.80. The summed E-state index contributed by atoms with van der Waals surface area (Å²) in [6.45, 7) is 9.66. The number of hydrogen-bond donors (Lipinski definition) is 0. The van der Waals surface area contributed by atoms with Crippen LogP contribution in [0.25, 0.3) is 43.1 Å². The second-order valence-electron chi connectivity index (χ2n) is 10.5. The fourth-order valence-corrected chi connectivity index (χ4v) is 9.08. The molecule has 1 aliphatic rings. The summed E-state index contributed by atoms with van der Waals surface area (Å²) >= 11 is 3.62. The zero-order chi connectivity index (χ0) is 30.8. The molecular weight excluding hydrogens is 628 g/mol. The maximum absolute atomic E-state index is 6.15. The maximum atomic E-state index is 6.15. The van der Waals surface area contributed by atoms with Crippen LogP contribution >= 0.6 is 15.9 Å². The lowest BCUT2D eigenvalue weighted by molar-refractivity contribution is 0.0862. The Balaban J connectivity index is 0.000000161. The SMILES string of the molecule is Brc1cc2ccccc2c2ccccc12.C1CCOC1.CCO[Si](OCC)(OCC)c1cc2ccccc2c2ccccc12. The first-order valence-electron chi connectivity index (χ1n) is 15.6. The highest BCUT2D eigenvalue weighted by atomic mass is 79.9. The summed E-state index contributed by atoms with van der Waals surface area (Å²) in [6, 6.07) is 38.2. The summed E-state index contributed by atoms with van der Waals surface area (Å²) in [5.41, 5.74) is 0. The van der Waals surface area contributed by atoms with E-state index < -0.39 is 8.80 Å². The van der Waals surface area contributed by atoms with Gasteiger partial charge in [0.25, 0.3) is 0 Å². The second-order valence-corrected chi connectivity index (χ2v) is 13.9. The van der Waals surface area contributed by atoms with Gasteiger partial charge in [0.05, 0.1) is 0 Å². The van der Waals surface area contributed by atoms with Crippen molar-refractivity contribution < 1.29 is 18.0 Å². The summed E-state index contributed by atoms with van der Waals surface area (Å²) in [4.78, 5) is 0. The zero-order valence-corrected chi connectivity index (χ0v) is 28.4. The molecule has 4 nitrogen and oxygen atoms in total. The standard InChI is InChI=1S/C20H24O3Si.C14H9Br.C4H8O/c1-4-21-24(22-5-2,23-6-3)20-15-16-11-7-8-12-17(16)18-13-9-10-14-19(18)20;15-14-9-10-5-1-2-6-11(10)12-7-3-4-8-13(12)14;1-2-4-5-3-1/h7-15H,4-6H2,1-3H3;1-9H;1-4H2. The van der Waals surface area contributed by atoms with Crippen molar-refractivity contribution in [3.05, 3.63) is 114 Å². The van der Waals surface area contributed by atoms with Gasteiger partial charge < -0.3 is 18.0 Å². The van der Waals surface area contributed by atoms with E-state index in [4.69, 9.17) is 18.0 Å². The van der Waals surface area contributed by atoms with Crippen LogP contribution in [0.4, 0.5) is 0 Å². The molecule has 1 heterocycles. The van der Waals surface area contributed by atoms with Gasteiger partial charge in [0.2, 0.25) is 0 Å². The normalized spacial score (nSPS) is 13.1. The van der Waals surface area contributed by atoms with Crippen LogP contribution in [0.15, 0.2) is 114 Å². The van der Waals surface area contributed by atoms with E-state index in [0.29, 0.717) is 19.8 Å². The van der Waals surface area contributed by atoms with E-state index in [1.807, 2.05) is 20.8 Å². The van der Waals surface area contributed by atoms with Crippen LogP contribution < -0.4 is 5.19 Å². The molecule has 1 saturated heterocycles. The van der Waals surface area contributed by atoms with E-state index in [2.05, 4.69) is 125 Å². The van der Waals surface area contributed by atoms with Gasteiger partial charge in [-0.1, -0.05) is 113 Å². The first-order valence-corrected chi connectivity index (χ1v) is 18.1. The van der Waals surface area contributed by atoms with Gasteiger partial charge in [-0.05, 0) is 88.8 Å². The highest BCUT2D eigenvalue weighted by molar-refractivity contribution is 9.10. The van der Waals surface area contributed by atoms with Crippen molar-refractivity contribution in [2.24, 2.45) is 0 Å². The lowest BCUT2D eigenvalue weighted by atomic mass is 10.0. The van der Waals surface area contributed by atoms with Gasteiger partial charge in [-0.15, -0.1) is 0 Å². The average Bonchev–Trinajstić information content (AvgIpc) is 3.66. The highest BCUT2D eigenvalue weighted by Gasteiger charge is 2.44. The number of rotatable bonds is 7. The Labute approximate surface area is 270 Å². The Morgan fingerprint density at radius 2 is 0.955 bits per heavy atom. The van der Waals surface area contributed by atoms with Gasteiger partial charge in [-0.25, -0.2) is 0 Å². The van der Waals surface area contributed by atoms with Gasteiger partial charge in [0.1, 0.15) is 0 Å². The number of ether oxygens (including phenoxy) is 1. The van der Waals surface area contributed by atoms with Crippen LogP contribution in [0, 0.1) is 0 Å². The van der Waals surface area contributed by atoms with Crippen LogP contribution in [0.2, 0.25) is 0 Å². The molecular formula is C38H41BrO4Si. The van der Waals surface area contributed by atoms with E-state index in [-0.39, 0.29) is 0 Å². The lowest BCUT2D eigenvalue weighted by Crippen LogP contribution is -2.57. The van der Waals surface area contributed by atoms with Gasteiger partial charge in [0.15, 0.2) is 0 Å². The van der Waals surface area contributed by atoms with Crippen molar-refractivity contribution in [2.45, 2.75) is 33.6 Å². The quantitative estimate of drug-likeness (QED) is 0.125. The van der Waals surface area contributed by atoms with Crippen molar-refractivity contribution >= 4 is 73.0 Å². The molecule has 0 aromatic heterocycles. The first kappa shape index (κ1) is 32.3. The molecule has 228 valence electrons. The molecule has 0 aliphatic carbocycles. The Kier molecular flexibility index (Phi) is 11.6. The van der Waals surface area contributed by atoms with Crippen LogP contribution in [0.5, 0.6) is 0 Å². The fourth-order valence-electron chi connectivity index (χ4n) is 5.75. The van der Waals surface area contributed by atoms with E-state index in [9.17, 15) is 0 Å². The third-order valence-corrected chi connectivity index (χ3v) is 11.4. The minimum Gasteiger partial charge on any atom is -0.381 e. The molecule has 6 aromatic rings. The van der Waals surface area contributed by atoms with Crippen LogP contribution in [0.3, 0.4) is 0 Å². The molecule has 0 saturated carbocycles.